The molecule has 1 aliphatic rings. The molecule has 1 fully saturated rings. The number of piperazine rings is 1. The second kappa shape index (κ2) is 9.54. The fourth-order valence-corrected chi connectivity index (χ4v) is 4.21. The van der Waals surface area contributed by atoms with Crippen LogP contribution in [0.4, 0.5) is 10.1 Å². The van der Waals surface area contributed by atoms with Crippen molar-refractivity contribution in [2.45, 2.75) is 6.92 Å². The molecule has 0 radical (unpaired) electrons. The Balaban J connectivity index is 1.27. The quantitative estimate of drug-likeness (QED) is 0.406. The van der Waals surface area contributed by atoms with Gasteiger partial charge in [0, 0.05) is 31.7 Å². The number of para-hydroxylation sites is 1. The molecule has 0 saturated carbocycles. The predicted octanol–water partition coefficient (Wildman–Crippen LogP) is 3.84. The van der Waals surface area contributed by atoms with E-state index in [1.165, 1.54) is 6.07 Å². The van der Waals surface area contributed by atoms with Crippen molar-refractivity contribution in [3.63, 3.8) is 0 Å². The van der Waals surface area contributed by atoms with Gasteiger partial charge in [-0.05, 0) is 25.1 Å². The smallest absolute Gasteiger partial charge is 0.339 e. The van der Waals surface area contributed by atoms with Crippen molar-refractivity contribution in [1.82, 2.24) is 15.0 Å². The van der Waals surface area contributed by atoms with Crippen LogP contribution in [0.15, 0.2) is 65.2 Å². The summed E-state index contributed by atoms with van der Waals surface area (Å²) in [7, 11) is 0. The largest absolute Gasteiger partial charge is 0.452 e. The van der Waals surface area contributed by atoms with E-state index in [4.69, 9.17) is 9.26 Å². The summed E-state index contributed by atoms with van der Waals surface area (Å²) in [6.45, 7) is 3.12. The lowest BCUT2D eigenvalue weighted by Gasteiger charge is -2.36. The molecule has 0 unspecified atom stereocenters. The maximum Gasteiger partial charge on any atom is 0.339 e. The Morgan fingerprint density at radius 3 is 2.49 bits per heavy atom. The standard InChI is InChI=1S/C26H23FN4O4/c1-17-24-19(15-21(28-25(24)35-29-17)18-7-3-2-4-8-18)26(33)34-16-23(32)31-13-11-30(12-14-31)22-10-6-5-9-20(22)27/h2-10,15H,11-14,16H2,1H3. The topological polar surface area (TPSA) is 88.8 Å². The SMILES string of the molecule is Cc1noc2nc(-c3ccccc3)cc(C(=O)OCC(=O)N3CCN(c4ccccc4F)CC3)c12. The number of anilines is 1. The third kappa shape index (κ3) is 4.57. The highest BCUT2D eigenvalue weighted by molar-refractivity contribution is 6.04. The van der Waals surface area contributed by atoms with Gasteiger partial charge in [0.05, 0.1) is 28.0 Å². The third-order valence-corrected chi connectivity index (χ3v) is 6.06. The molecule has 1 aliphatic heterocycles. The Labute approximate surface area is 200 Å². The summed E-state index contributed by atoms with van der Waals surface area (Å²) in [5, 5.41) is 4.39. The molecule has 0 aliphatic carbocycles. The second-order valence-electron chi connectivity index (χ2n) is 8.26. The molecular formula is C26H23FN4O4. The average Bonchev–Trinajstić information content (AvgIpc) is 3.28. The van der Waals surface area contributed by atoms with Crippen molar-refractivity contribution < 1.29 is 23.2 Å². The third-order valence-electron chi connectivity index (χ3n) is 6.06. The zero-order valence-corrected chi connectivity index (χ0v) is 19.1. The number of pyridine rings is 1. The highest BCUT2D eigenvalue weighted by Gasteiger charge is 2.25. The van der Waals surface area contributed by atoms with Crippen molar-refractivity contribution in [3.8, 4) is 11.3 Å². The lowest BCUT2D eigenvalue weighted by molar-refractivity contribution is -0.134. The van der Waals surface area contributed by atoms with Crippen LogP contribution in [0.1, 0.15) is 16.1 Å². The van der Waals surface area contributed by atoms with Crippen molar-refractivity contribution in [2.24, 2.45) is 0 Å². The van der Waals surface area contributed by atoms with Crippen molar-refractivity contribution in [1.29, 1.82) is 0 Å². The maximum atomic E-state index is 14.1. The Morgan fingerprint density at radius 2 is 1.74 bits per heavy atom. The number of ether oxygens (including phenoxy) is 1. The summed E-state index contributed by atoms with van der Waals surface area (Å²) in [4.78, 5) is 33.7. The monoisotopic (exact) mass is 474 g/mol. The number of nitrogens with zero attached hydrogens (tertiary/aromatic N) is 4. The van der Waals surface area contributed by atoms with E-state index in [-0.39, 0.29) is 23.0 Å². The van der Waals surface area contributed by atoms with Gasteiger partial charge in [0.2, 0.25) is 0 Å². The van der Waals surface area contributed by atoms with Crippen LogP contribution in [-0.4, -0.2) is 59.7 Å². The van der Waals surface area contributed by atoms with Gasteiger partial charge in [-0.25, -0.2) is 14.2 Å². The van der Waals surface area contributed by atoms with Gasteiger partial charge in [-0.15, -0.1) is 0 Å². The molecule has 35 heavy (non-hydrogen) atoms. The van der Waals surface area contributed by atoms with E-state index in [0.717, 1.165) is 5.56 Å². The minimum atomic E-state index is -0.653. The van der Waals surface area contributed by atoms with Gasteiger partial charge in [-0.3, -0.25) is 4.79 Å². The van der Waals surface area contributed by atoms with Crippen LogP contribution in [0, 0.1) is 12.7 Å². The summed E-state index contributed by atoms with van der Waals surface area (Å²) in [6, 6.07) is 17.6. The van der Waals surface area contributed by atoms with Gasteiger partial charge in [-0.1, -0.05) is 47.6 Å². The fraction of sp³-hybridized carbons (Fsp3) is 0.231. The highest BCUT2D eigenvalue weighted by Crippen LogP contribution is 2.27. The normalized spacial score (nSPS) is 13.8. The molecule has 178 valence electrons. The van der Waals surface area contributed by atoms with Crippen LogP contribution >= 0.6 is 0 Å². The summed E-state index contributed by atoms with van der Waals surface area (Å²) in [5.41, 5.74) is 2.84. The first kappa shape index (κ1) is 22.5. The minimum absolute atomic E-state index is 0.228. The number of amides is 1. The number of fused-ring (bicyclic) bond motifs is 1. The van der Waals surface area contributed by atoms with Crippen LogP contribution in [-0.2, 0) is 9.53 Å². The molecule has 0 N–H and O–H groups in total. The number of hydrogen-bond donors (Lipinski definition) is 0. The van der Waals surface area contributed by atoms with E-state index >= 15 is 0 Å². The Hall–Kier alpha value is -4.27. The number of aryl methyl sites for hydroxylation is 1. The lowest BCUT2D eigenvalue weighted by atomic mass is 10.1. The number of carbonyl (C=O) groups is 2. The van der Waals surface area contributed by atoms with Crippen LogP contribution in [0.2, 0.25) is 0 Å². The van der Waals surface area contributed by atoms with E-state index < -0.39 is 12.6 Å². The number of esters is 1. The molecule has 2 aromatic carbocycles. The first-order valence-corrected chi connectivity index (χ1v) is 11.3. The molecule has 1 amide bonds. The Kier molecular flexibility index (Phi) is 6.13. The average molecular weight is 474 g/mol. The minimum Gasteiger partial charge on any atom is -0.452 e. The molecule has 8 nitrogen and oxygen atoms in total. The molecule has 0 atom stereocenters. The number of benzene rings is 2. The fourth-order valence-electron chi connectivity index (χ4n) is 4.21. The highest BCUT2D eigenvalue weighted by atomic mass is 19.1. The number of aromatic nitrogens is 2. The summed E-state index contributed by atoms with van der Waals surface area (Å²) >= 11 is 0. The van der Waals surface area contributed by atoms with E-state index in [9.17, 15) is 14.0 Å². The first-order valence-electron chi connectivity index (χ1n) is 11.3. The number of carbonyl (C=O) groups excluding carboxylic acids is 2. The van der Waals surface area contributed by atoms with Gasteiger partial charge < -0.3 is 19.1 Å². The molecule has 4 aromatic rings. The zero-order valence-electron chi connectivity index (χ0n) is 19.1. The molecular weight excluding hydrogens is 451 g/mol. The predicted molar refractivity (Wildman–Crippen MR) is 127 cm³/mol. The second-order valence-corrected chi connectivity index (χ2v) is 8.26. The van der Waals surface area contributed by atoms with Crippen LogP contribution in [0.5, 0.6) is 0 Å². The molecule has 5 rings (SSSR count). The van der Waals surface area contributed by atoms with Gasteiger partial charge in [-0.2, -0.15) is 0 Å². The van der Waals surface area contributed by atoms with E-state index in [1.807, 2.05) is 35.2 Å². The molecule has 0 spiro atoms. The summed E-state index contributed by atoms with van der Waals surface area (Å²) in [6.07, 6.45) is 0. The van der Waals surface area contributed by atoms with E-state index in [0.29, 0.717) is 48.6 Å². The van der Waals surface area contributed by atoms with Crippen LogP contribution in [0.3, 0.4) is 0 Å². The number of rotatable bonds is 5. The summed E-state index contributed by atoms with van der Waals surface area (Å²) < 4.78 is 24.8. The van der Waals surface area contributed by atoms with Gasteiger partial charge in [0.1, 0.15) is 5.82 Å². The van der Waals surface area contributed by atoms with E-state index in [1.54, 1.807) is 36.1 Å². The Bertz CT molecular complexity index is 1380. The Morgan fingerprint density at radius 1 is 1.03 bits per heavy atom. The van der Waals surface area contributed by atoms with Gasteiger partial charge >= 0.3 is 5.97 Å². The zero-order chi connectivity index (χ0) is 24.4. The summed E-state index contributed by atoms with van der Waals surface area (Å²) in [5.74, 6) is -1.25. The molecule has 9 heteroatoms. The molecule has 1 saturated heterocycles. The molecule has 0 bridgehead atoms. The maximum absolute atomic E-state index is 14.1. The molecule has 3 heterocycles. The lowest BCUT2D eigenvalue weighted by Crippen LogP contribution is -2.50. The molecule has 2 aromatic heterocycles. The number of hydrogen-bond acceptors (Lipinski definition) is 7. The van der Waals surface area contributed by atoms with Crippen molar-refractivity contribution in [2.75, 3.05) is 37.7 Å². The van der Waals surface area contributed by atoms with Crippen LogP contribution in [0.25, 0.3) is 22.4 Å². The van der Waals surface area contributed by atoms with E-state index in [2.05, 4.69) is 10.1 Å². The van der Waals surface area contributed by atoms with Crippen molar-refractivity contribution in [3.05, 3.63) is 77.7 Å². The van der Waals surface area contributed by atoms with Crippen LogP contribution < -0.4 is 4.90 Å². The van der Waals surface area contributed by atoms with Crippen molar-refractivity contribution >= 4 is 28.7 Å². The number of halogens is 1. The van der Waals surface area contributed by atoms with Gasteiger partial charge in [0.25, 0.3) is 11.6 Å². The van der Waals surface area contributed by atoms with Gasteiger partial charge in [0.15, 0.2) is 6.61 Å². The first-order chi connectivity index (χ1) is 17.0.